The van der Waals surface area contributed by atoms with E-state index in [4.69, 9.17) is 0 Å². The number of halogens is 2. The Kier molecular flexibility index (Phi) is 4.24. The minimum atomic E-state index is -0.773. The Bertz CT molecular complexity index is 472. The van der Waals surface area contributed by atoms with E-state index in [1.54, 1.807) is 42.5 Å². The van der Waals surface area contributed by atoms with E-state index in [2.05, 4.69) is 5.32 Å². The molecule has 17 heavy (non-hydrogen) atoms. The van der Waals surface area contributed by atoms with Crippen molar-refractivity contribution in [1.29, 1.82) is 0 Å². The van der Waals surface area contributed by atoms with E-state index in [0.717, 1.165) is 0 Å². The molecule has 0 radical (unpaired) electrons. The second kappa shape index (κ2) is 5.12. The number of ketones is 1. The van der Waals surface area contributed by atoms with Gasteiger partial charge in [0.2, 0.25) is 3.79 Å². The van der Waals surface area contributed by atoms with E-state index >= 15 is 0 Å². The van der Waals surface area contributed by atoms with Gasteiger partial charge in [-0.3, -0.25) is 9.59 Å². The molecule has 0 heterocycles. The Morgan fingerprint density at radius 1 is 1.35 bits per heavy atom. The predicted octanol–water partition coefficient (Wildman–Crippen LogP) is 3.18. The van der Waals surface area contributed by atoms with Crippen LogP contribution in [0.2, 0.25) is 0 Å². The predicted molar refractivity (Wildman–Crippen MR) is 73.1 cm³/mol. The molecule has 3 nitrogen and oxygen atoms in total. The highest BCUT2D eigenvalue weighted by atomic mass is 127. The molecule has 0 saturated carbocycles. The van der Waals surface area contributed by atoms with Crippen LogP contribution < -0.4 is 5.32 Å². The van der Waals surface area contributed by atoms with Crippen LogP contribution >= 0.6 is 22.6 Å². The van der Waals surface area contributed by atoms with Gasteiger partial charge >= 0.3 is 0 Å². The lowest BCUT2D eigenvalue weighted by molar-refractivity contribution is -0.112. The van der Waals surface area contributed by atoms with E-state index < -0.39 is 11.4 Å². The highest BCUT2D eigenvalue weighted by Crippen LogP contribution is 2.21. The van der Waals surface area contributed by atoms with Gasteiger partial charge in [0.15, 0.2) is 5.78 Å². The first-order chi connectivity index (χ1) is 7.74. The molecule has 0 bridgehead atoms. The van der Waals surface area contributed by atoms with Crippen LogP contribution in [-0.4, -0.2) is 15.1 Å². The van der Waals surface area contributed by atoms with Gasteiger partial charge in [0.25, 0.3) is 0 Å². The molecule has 0 aromatic heterocycles. The lowest BCUT2D eigenvalue weighted by atomic mass is 10.1. The van der Waals surface area contributed by atoms with Gasteiger partial charge in [-0.1, -0.05) is 0 Å². The molecule has 0 amide bonds. The van der Waals surface area contributed by atoms with Crippen LogP contribution in [0.4, 0.5) is 10.1 Å². The average molecular weight is 349 g/mol. The van der Waals surface area contributed by atoms with Crippen LogP contribution in [-0.2, 0) is 4.79 Å². The van der Waals surface area contributed by atoms with Crippen LogP contribution in [0, 0.1) is 5.82 Å². The van der Waals surface area contributed by atoms with Crippen LogP contribution in [0.3, 0.4) is 0 Å². The number of nitrogens with one attached hydrogen (secondary N) is 1. The summed E-state index contributed by atoms with van der Waals surface area (Å²) in [6, 6.07) is 4.22. The summed E-state index contributed by atoms with van der Waals surface area (Å²) in [6.45, 7) is 4.72. The molecule has 0 spiro atoms. The number of carbonyl (C=O) groups is 2. The van der Waals surface area contributed by atoms with Gasteiger partial charge in [0.05, 0.1) is 5.56 Å². The third-order valence-electron chi connectivity index (χ3n) is 2.30. The van der Waals surface area contributed by atoms with Crippen molar-refractivity contribution < 1.29 is 14.0 Å². The van der Waals surface area contributed by atoms with E-state index in [1.807, 2.05) is 0 Å². The molecule has 1 aromatic rings. The van der Waals surface area contributed by atoms with Crippen molar-refractivity contribution in [1.82, 2.24) is 0 Å². The molecule has 0 fully saturated rings. The molecule has 1 aromatic carbocycles. The Morgan fingerprint density at radius 2 is 1.94 bits per heavy atom. The maximum atomic E-state index is 13.5. The number of carbonyl (C=O) groups excluding carboxylic acids is 2. The second-order valence-electron chi connectivity index (χ2n) is 4.27. The SMILES string of the molecule is CC(=O)c1ccc(NC(C)(C)C(=O)I)cc1F. The fraction of sp³-hybridized carbons (Fsp3) is 0.333. The average Bonchev–Trinajstić information content (AvgIpc) is 2.15. The van der Waals surface area contributed by atoms with Crippen molar-refractivity contribution in [3.8, 4) is 0 Å². The van der Waals surface area contributed by atoms with Crippen molar-refractivity contribution in [3.05, 3.63) is 29.6 Å². The van der Waals surface area contributed by atoms with Gasteiger partial charge in [0, 0.05) is 28.3 Å². The van der Waals surface area contributed by atoms with Crippen LogP contribution in [0.25, 0.3) is 0 Å². The molecule has 1 rings (SSSR count). The summed E-state index contributed by atoms with van der Waals surface area (Å²) in [5, 5.41) is 2.92. The monoisotopic (exact) mass is 349 g/mol. The maximum Gasteiger partial charge on any atom is 0.216 e. The minimum Gasteiger partial charge on any atom is -0.372 e. The standard InChI is InChI=1S/C12H13FINO2/c1-7(16)9-5-4-8(6-10(9)13)15-12(2,3)11(14)17/h4-6,15H,1-3H3. The topological polar surface area (TPSA) is 46.2 Å². The summed E-state index contributed by atoms with van der Waals surface area (Å²) >= 11 is 1.69. The summed E-state index contributed by atoms with van der Waals surface area (Å²) in [7, 11) is 0. The summed E-state index contributed by atoms with van der Waals surface area (Å²) in [4.78, 5) is 22.4. The zero-order valence-electron chi connectivity index (χ0n) is 9.80. The molecule has 0 atom stereocenters. The molecule has 92 valence electrons. The lowest BCUT2D eigenvalue weighted by Crippen LogP contribution is -2.36. The molecule has 0 saturated heterocycles. The van der Waals surface area contributed by atoms with E-state index in [0.29, 0.717) is 5.69 Å². The summed E-state index contributed by atoms with van der Waals surface area (Å²) < 4.78 is 13.5. The maximum absolute atomic E-state index is 13.5. The Labute approximate surface area is 113 Å². The second-order valence-corrected chi connectivity index (χ2v) is 5.25. The van der Waals surface area contributed by atoms with Gasteiger partial charge < -0.3 is 5.32 Å². The van der Waals surface area contributed by atoms with Crippen molar-refractivity contribution >= 4 is 37.9 Å². The van der Waals surface area contributed by atoms with Gasteiger partial charge in [-0.25, -0.2) is 4.39 Å². The Balaban J connectivity index is 2.99. The molecule has 0 unspecified atom stereocenters. The molecule has 0 aliphatic carbocycles. The molecular formula is C12H13FINO2. The van der Waals surface area contributed by atoms with Gasteiger partial charge in [0.1, 0.15) is 11.4 Å². The quantitative estimate of drug-likeness (QED) is 0.516. The molecule has 0 aliphatic rings. The highest BCUT2D eigenvalue weighted by Gasteiger charge is 2.25. The number of hydrogen-bond donors (Lipinski definition) is 1. The van der Waals surface area contributed by atoms with Crippen molar-refractivity contribution in [2.24, 2.45) is 0 Å². The normalized spacial score (nSPS) is 11.1. The molecule has 1 N–H and O–H groups in total. The summed E-state index contributed by atoms with van der Waals surface area (Å²) in [5.41, 5.74) is -0.248. The van der Waals surface area contributed by atoms with E-state index in [9.17, 15) is 14.0 Å². The first kappa shape index (κ1) is 14.1. The molecule has 0 aliphatic heterocycles. The third kappa shape index (κ3) is 3.49. The third-order valence-corrected chi connectivity index (χ3v) is 3.65. The van der Waals surface area contributed by atoms with Gasteiger partial charge in [-0.05, 0) is 39.0 Å². The number of rotatable bonds is 4. The van der Waals surface area contributed by atoms with Gasteiger partial charge in [-0.2, -0.15) is 0 Å². The lowest BCUT2D eigenvalue weighted by Gasteiger charge is -2.23. The highest BCUT2D eigenvalue weighted by molar-refractivity contribution is 14.1. The number of anilines is 1. The summed E-state index contributed by atoms with van der Waals surface area (Å²) in [6.07, 6.45) is 0. The Morgan fingerprint density at radius 3 is 2.35 bits per heavy atom. The summed E-state index contributed by atoms with van der Waals surface area (Å²) in [5.74, 6) is -0.905. The molecule has 5 heteroatoms. The van der Waals surface area contributed by atoms with Crippen molar-refractivity contribution in [2.75, 3.05) is 5.32 Å². The number of benzene rings is 1. The minimum absolute atomic E-state index is 0.0501. The van der Waals surface area contributed by atoms with Gasteiger partial charge in [-0.15, -0.1) is 0 Å². The smallest absolute Gasteiger partial charge is 0.216 e. The first-order valence-electron chi connectivity index (χ1n) is 5.02. The first-order valence-corrected chi connectivity index (χ1v) is 6.10. The van der Waals surface area contributed by atoms with E-state index in [-0.39, 0.29) is 15.1 Å². The van der Waals surface area contributed by atoms with Crippen LogP contribution in [0.5, 0.6) is 0 Å². The largest absolute Gasteiger partial charge is 0.372 e. The number of hydrogen-bond acceptors (Lipinski definition) is 3. The van der Waals surface area contributed by atoms with Crippen molar-refractivity contribution in [3.63, 3.8) is 0 Å². The zero-order valence-corrected chi connectivity index (χ0v) is 12.0. The van der Waals surface area contributed by atoms with Crippen LogP contribution in [0.15, 0.2) is 18.2 Å². The molecular weight excluding hydrogens is 336 g/mol. The van der Waals surface area contributed by atoms with E-state index in [1.165, 1.54) is 19.1 Å². The number of Topliss-reactive ketones (excluding diaryl/α,β-unsaturated/α-hetero) is 1. The van der Waals surface area contributed by atoms with Crippen molar-refractivity contribution in [2.45, 2.75) is 26.3 Å². The zero-order chi connectivity index (χ0) is 13.2. The fourth-order valence-electron chi connectivity index (χ4n) is 1.29. The Hall–Kier alpha value is -0.980. The fourth-order valence-corrected chi connectivity index (χ4v) is 1.42. The van der Waals surface area contributed by atoms with Crippen LogP contribution in [0.1, 0.15) is 31.1 Å².